The second-order valence-corrected chi connectivity index (χ2v) is 6.00. The van der Waals surface area contributed by atoms with Gasteiger partial charge < -0.3 is 13.9 Å². The molecular formula is C19H15F2NO4. The van der Waals surface area contributed by atoms with Crippen molar-refractivity contribution in [2.24, 2.45) is 0 Å². The predicted octanol–water partition coefficient (Wildman–Crippen LogP) is 4.37. The molecule has 2 aromatic carbocycles. The number of oxazole rings is 1. The topological polar surface area (TPSA) is 61.6 Å². The van der Waals surface area contributed by atoms with Crippen LogP contribution in [0.15, 0.2) is 34.7 Å². The molecule has 0 aliphatic heterocycles. The summed E-state index contributed by atoms with van der Waals surface area (Å²) in [7, 11) is 1.48. The molecule has 0 saturated carbocycles. The fourth-order valence-electron chi connectivity index (χ4n) is 3.24. The first-order valence-electron chi connectivity index (χ1n) is 8.09. The molecule has 0 unspecified atom stereocenters. The van der Waals surface area contributed by atoms with E-state index in [9.17, 15) is 13.6 Å². The summed E-state index contributed by atoms with van der Waals surface area (Å²) in [4.78, 5) is 16.2. The van der Waals surface area contributed by atoms with Crippen LogP contribution in [0.2, 0.25) is 0 Å². The summed E-state index contributed by atoms with van der Waals surface area (Å²) in [5.74, 6) is 0.293. The number of aromatic nitrogens is 1. The van der Waals surface area contributed by atoms with Gasteiger partial charge in [0.05, 0.1) is 0 Å². The number of hydrogen-bond acceptors (Lipinski definition) is 5. The SMILES string of the molecule is COCc1nc2c(OC(F)F)ccc(-c3ccc4c(c3)C(=O)CC4)c2o1. The van der Waals surface area contributed by atoms with Crippen molar-refractivity contribution in [1.82, 2.24) is 4.98 Å². The van der Waals surface area contributed by atoms with Gasteiger partial charge in [-0.15, -0.1) is 0 Å². The Morgan fingerprint density at radius 1 is 1.19 bits per heavy atom. The zero-order valence-corrected chi connectivity index (χ0v) is 13.9. The van der Waals surface area contributed by atoms with Gasteiger partial charge in [-0.05, 0) is 35.7 Å². The van der Waals surface area contributed by atoms with Gasteiger partial charge in [-0.2, -0.15) is 8.78 Å². The zero-order chi connectivity index (χ0) is 18.3. The van der Waals surface area contributed by atoms with Gasteiger partial charge in [0.25, 0.3) is 0 Å². The molecule has 0 bridgehead atoms. The largest absolute Gasteiger partial charge is 0.437 e. The number of ether oxygens (including phenoxy) is 2. The molecular weight excluding hydrogens is 344 g/mol. The first-order chi connectivity index (χ1) is 12.6. The van der Waals surface area contributed by atoms with Crippen LogP contribution in [-0.4, -0.2) is 24.5 Å². The Morgan fingerprint density at radius 2 is 2.04 bits per heavy atom. The molecule has 0 amide bonds. The summed E-state index contributed by atoms with van der Waals surface area (Å²) < 4.78 is 40.6. The van der Waals surface area contributed by atoms with Crippen molar-refractivity contribution in [2.75, 3.05) is 7.11 Å². The van der Waals surface area contributed by atoms with Crippen LogP contribution in [0.25, 0.3) is 22.2 Å². The number of benzene rings is 2. The van der Waals surface area contributed by atoms with Gasteiger partial charge >= 0.3 is 6.61 Å². The molecule has 1 heterocycles. The third-order valence-corrected chi connectivity index (χ3v) is 4.38. The van der Waals surface area contributed by atoms with Gasteiger partial charge in [0.1, 0.15) is 6.61 Å². The van der Waals surface area contributed by atoms with E-state index < -0.39 is 6.61 Å². The van der Waals surface area contributed by atoms with E-state index >= 15 is 0 Å². The number of carbonyl (C=O) groups excluding carboxylic acids is 1. The Bertz CT molecular complexity index is 997. The van der Waals surface area contributed by atoms with Gasteiger partial charge in [0, 0.05) is 24.7 Å². The van der Waals surface area contributed by atoms with Crippen molar-refractivity contribution in [2.45, 2.75) is 26.1 Å². The Hall–Kier alpha value is -2.80. The maximum absolute atomic E-state index is 12.7. The van der Waals surface area contributed by atoms with Gasteiger partial charge in [0.2, 0.25) is 5.89 Å². The van der Waals surface area contributed by atoms with Crippen LogP contribution in [0.3, 0.4) is 0 Å². The quantitative estimate of drug-likeness (QED) is 0.677. The normalized spacial score (nSPS) is 13.6. The Balaban J connectivity index is 1.87. The van der Waals surface area contributed by atoms with E-state index in [1.54, 1.807) is 6.07 Å². The standard InChI is InChI=1S/C19H15F2NO4/c1-24-9-16-22-17-15(25-19(20)21)7-5-12(18(17)26-16)11-3-2-10-4-6-14(23)13(10)8-11/h2-3,5,7-8,19H,4,6,9H2,1H3. The number of alkyl halides is 2. The van der Waals surface area contributed by atoms with E-state index in [2.05, 4.69) is 9.72 Å². The minimum atomic E-state index is -2.97. The molecule has 26 heavy (non-hydrogen) atoms. The number of hydrogen-bond donors (Lipinski definition) is 0. The van der Waals surface area contributed by atoms with E-state index in [4.69, 9.17) is 9.15 Å². The van der Waals surface area contributed by atoms with Gasteiger partial charge in [0.15, 0.2) is 22.6 Å². The van der Waals surface area contributed by atoms with Crippen molar-refractivity contribution in [1.29, 1.82) is 0 Å². The van der Waals surface area contributed by atoms with Crippen LogP contribution in [0.1, 0.15) is 28.2 Å². The molecule has 4 rings (SSSR count). The number of methoxy groups -OCH3 is 1. The summed E-state index contributed by atoms with van der Waals surface area (Å²) in [6.45, 7) is -2.87. The molecule has 0 spiro atoms. The number of Topliss-reactive ketones (excluding diaryl/α,β-unsaturated/α-hetero) is 1. The number of rotatable bonds is 5. The lowest BCUT2D eigenvalue weighted by Crippen LogP contribution is -2.02. The fourth-order valence-corrected chi connectivity index (χ4v) is 3.24. The lowest BCUT2D eigenvalue weighted by Gasteiger charge is -2.08. The molecule has 1 aromatic heterocycles. The van der Waals surface area contributed by atoms with Crippen molar-refractivity contribution >= 4 is 16.9 Å². The van der Waals surface area contributed by atoms with Gasteiger partial charge in [-0.3, -0.25) is 4.79 Å². The minimum Gasteiger partial charge on any atom is -0.437 e. The van der Waals surface area contributed by atoms with Gasteiger partial charge in [-0.25, -0.2) is 4.98 Å². The van der Waals surface area contributed by atoms with Crippen molar-refractivity contribution in [3.8, 4) is 16.9 Å². The van der Waals surface area contributed by atoms with E-state index in [1.807, 2.05) is 18.2 Å². The number of ketones is 1. The van der Waals surface area contributed by atoms with Crippen LogP contribution < -0.4 is 4.74 Å². The summed E-state index contributed by atoms with van der Waals surface area (Å²) in [5, 5.41) is 0. The maximum atomic E-state index is 12.7. The Labute approximate surface area is 147 Å². The number of carbonyl (C=O) groups is 1. The molecule has 0 fully saturated rings. The third kappa shape index (κ3) is 2.84. The molecule has 0 saturated heterocycles. The third-order valence-electron chi connectivity index (χ3n) is 4.38. The molecule has 0 atom stereocenters. The van der Waals surface area contributed by atoms with Crippen molar-refractivity contribution in [3.63, 3.8) is 0 Å². The van der Waals surface area contributed by atoms with E-state index in [-0.39, 0.29) is 29.5 Å². The highest BCUT2D eigenvalue weighted by Crippen LogP contribution is 2.37. The molecule has 3 aromatic rings. The number of aryl methyl sites for hydroxylation is 1. The average Bonchev–Trinajstić information content (AvgIpc) is 3.19. The second-order valence-electron chi connectivity index (χ2n) is 6.00. The highest BCUT2D eigenvalue weighted by atomic mass is 19.3. The summed E-state index contributed by atoms with van der Waals surface area (Å²) in [6.07, 6.45) is 1.25. The second kappa shape index (κ2) is 6.49. The van der Waals surface area contributed by atoms with Crippen LogP contribution in [-0.2, 0) is 17.8 Å². The average molecular weight is 359 g/mol. The van der Waals surface area contributed by atoms with E-state index in [0.717, 1.165) is 17.5 Å². The molecule has 1 aliphatic carbocycles. The highest BCUT2D eigenvalue weighted by molar-refractivity contribution is 6.02. The highest BCUT2D eigenvalue weighted by Gasteiger charge is 2.22. The number of nitrogens with zero attached hydrogens (tertiary/aromatic N) is 1. The number of halogens is 2. The first kappa shape index (κ1) is 16.7. The fraction of sp³-hybridized carbons (Fsp3) is 0.263. The van der Waals surface area contributed by atoms with Crippen LogP contribution in [0.4, 0.5) is 8.78 Å². The predicted molar refractivity (Wildman–Crippen MR) is 89.4 cm³/mol. The Kier molecular flexibility index (Phi) is 4.16. The van der Waals surface area contributed by atoms with Crippen LogP contribution >= 0.6 is 0 Å². The Morgan fingerprint density at radius 3 is 2.81 bits per heavy atom. The maximum Gasteiger partial charge on any atom is 0.387 e. The molecule has 7 heteroatoms. The van der Waals surface area contributed by atoms with Crippen molar-refractivity contribution < 1.29 is 27.5 Å². The molecule has 5 nitrogen and oxygen atoms in total. The van der Waals surface area contributed by atoms with E-state index in [0.29, 0.717) is 23.1 Å². The lowest BCUT2D eigenvalue weighted by molar-refractivity contribution is -0.0489. The van der Waals surface area contributed by atoms with Crippen molar-refractivity contribution in [3.05, 3.63) is 47.3 Å². The summed E-state index contributed by atoms with van der Waals surface area (Å²) in [6, 6.07) is 8.67. The van der Waals surface area contributed by atoms with E-state index in [1.165, 1.54) is 13.2 Å². The smallest absolute Gasteiger partial charge is 0.387 e. The first-order valence-corrected chi connectivity index (χ1v) is 8.09. The molecule has 134 valence electrons. The molecule has 0 radical (unpaired) electrons. The van der Waals surface area contributed by atoms with Gasteiger partial charge in [-0.1, -0.05) is 12.1 Å². The zero-order valence-electron chi connectivity index (χ0n) is 13.9. The number of fused-ring (bicyclic) bond motifs is 2. The summed E-state index contributed by atoms with van der Waals surface area (Å²) in [5.41, 5.74) is 3.64. The van der Waals surface area contributed by atoms with Crippen LogP contribution in [0.5, 0.6) is 5.75 Å². The van der Waals surface area contributed by atoms with Crippen LogP contribution in [0, 0.1) is 0 Å². The molecule has 0 N–H and O–H groups in total. The summed E-state index contributed by atoms with van der Waals surface area (Å²) >= 11 is 0. The minimum absolute atomic E-state index is 0.0675. The molecule has 1 aliphatic rings. The monoisotopic (exact) mass is 359 g/mol. The lowest BCUT2D eigenvalue weighted by atomic mass is 9.99.